The minimum absolute atomic E-state index is 0.0131. The van der Waals surface area contributed by atoms with Crippen molar-refractivity contribution in [3.63, 3.8) is 0 Å². The Morgan fingerprint density at radius 2 is 1.47 bits per heavy atom. The van der Waals surface area contributed by atoms with Gasteiger partial charge >= 0.3 is 0 Å². The Balaban J connectivity index is 1.86. The zero-order valence-electron chi connectivity index (χ0n) is 19.9. The summed E-state index contributed by atoms with van der Waals surface area (Å²) in [5, 5.41) is 67.9. The van der Waals surface area contributed by atoms with Crippen LogP contribution in [0.1, 0.15) is 19.4 Å². The largest absolute Gasteiger partial charge is 0.394 e. The van der Waals surface area contributed by atoms with Gasteiger partial charge in [0.15, 0.2) is 6.29 Å². The van der Waals surface area contributed by atoms with Crippen molar-refractivity contribution in [3.05, 3.63) is 35.9 Å². The van der Waals surface area contributed by atoms with E-state index in [0.717, 1.165) is 12.5 Å². The predicted molar refractivity (Wildman–Crippen MR) is 121 cm³/mol. The van der Waals surface area contributed by atoms with E-state index in [1.165, 1.54) is 6.92 Å². The summed E-state index contributed by atoms with van der Waals surface area (Å²) in [4.78, 5) is 23.5. The van der Waals surface area contributed by atoms with Crippen molar-refractivity contribution >= 4 is 11.8 Å². The predicted octanol–water partition coefficient (Wildman–Crippen LogP) is -3.50. The Hall–Kier alpha value is -2.20. The second-order valence-electron chi connectivity index (χ2n) is 8.99. The van der Waals surface area contributed by atoms with Gasteiger partial charge in [-0.1, -0.05) is 30.3 Å². The highest BCUT2D eigenvalue weighted by molar-refractivity contribution is 5.73. The van der Waals surface area contributed by atoms with Gasteiger partial charge in [-0.15, -0.1) is 0 Å². The molecule has 202 valence electrons. The lowest BCUT2D eigenvalue weighted by molar-refractivity contribution is -0.303. The number of aliphatic hydroxyl groups excluding tert-OH is 6. The lowest BCUT2D eigenvalue weighted by Crippen LogP contribution is -2.71. The van der Waals surface area contributed by atoms with E-state index in [2.05, 4.69) is 10.6 Å². The summed E-state index contributed by atoms with van der Waals surface area (Å²) < 4.78 is 17.2. The Kier molecular flexibility index (Phi) is 9.74. The van der Waals surface area contributed by atoms with E-state index in [1.807, 2.05) is 6.07 Å². The Morgan fingerprint density at radius 3 is 2.06 bits per heavy atom. The summed E-state index contributed by atoms with van der Waals surface area (Å²) in [6, 6.07) is 6.41. The van der Waals surface area contributed by atoms with Crippen molar-refractivity contribution in [1.29, 1.82) is 0 Å². The zero-order valence-corrected chi connectivity index (χ0v) is 19.9. The molecule has 2 aliphatic heterocycles. The number of hydrogen-bond acceptors (Lipinski definition) is 11. The summed E-state index contributed by atoms with van der Waals surface area (Å²) in [7, 11) is 0. The molecular weight excluding hydrogens is 480 g/mol. The van der Waals surface area contributed by atoms with Crippen LogP contribution in [0.4, 0.5) is 0 Å². The number of rotatable bonds is 8. The first-order chi connectivity index (χ1) is 17.0. The molecule has 0 aliphatic carbocycles. The van der Waals surface area contributed by atoms with Crippen LogP contribution in [0, 0.1) is 0 Å². The molecule has 13 heteroatoms. The smallest absolute Gasteiger partial charge is 0.217 e. The Labute approximate surface area is 207 Å². The highest BCUT2D eigenvalue weighted by atomic mass is 16.7. The highest BCUT2D eigenvalue weighted by Crippen LogP contribution is 2.31. The van der Waals surface area contributed by atoms with Gasteiger partial charge in [-0.25, -0.2) is 0 Å². The van der Waals surface area contributed by atoms with E-state index >= 15 is 0 Å². The average Bonchev–Trinajstić information content (AvgIpc) is 2.84. The summed E-state index contributed by atoms with van der Waals surface area (Å²) in [5.74, 6) is -1.12. The van der Waals surface area contributed by atoms with Gasteiger partial charge in [0.05, 0.1) is 19.3 Å². The molecule has 0 radical (unpaired) electrons. The van der Waals surface area contributed by atoms with Crippen molar-refractivity contribution in [3.8, 4) is 0 Å². The van der Waals surface area contributed by atoms with Crippen LogP contribution in [0.5, 0.6) is 0 Å². The molecular formula is C23H34N2O11. The fraction of sp³-hybridized carbons (Fsp3) is 0.652. The normalized spacial score (nSPS) is 37.7. The van der Waals surface area contributed by atoms with Crippen molar-refractivity contribution < 1.29 is 54.4 Å². The SMILES string of the molecule is CC(=O)N[C@@H]1[C@@H](OCc2ccccc2)O[C@H](C(O)[C@@H]2O[C@H](CO)[C@@H](O)[C@H](O)[C@@H]2NC(C)=O)[C@@H](O)[C@@H]1O. The maximum Gasteiger partial charge on any atom is 0.217 e. The first kappa shape index (κ1) is 28.4. The summed E-state index contributed by atoms with van der Waals surface area (Å²) in [6.45, 7) is 1.67. The molecule has 2 amide bonds. The molecule has 0 spiro atoms. The van der Waals surface area contributed by atoms with Crippen LogP contribution in [-0.2, 0) is 30.4 Å². The summed E-state index contributed by atoms with van der Waals surface area (Å²) >= 11 is 0. The van der Waals surface area contributed by atoms with Gasteiger partial charge in [0.25, 0.3) is 0 Å². The fourth-order valence-corrected chi connectivity index (χ4v) is 4.48. The Morgan fingerprint density at radius 1 is 0.889 bits per heavy atom. The first-order valence-corrected chi connectivity index (χ1v) is 11.6. The van der Waals surface area contributed by atoms with E-state index in [0.29, 0.717) is 0 Å². The maximum absolute atomic E-state index is 11.7. The number of benzene rings is 1. The molecule has 36 heavy (non-hydrogen) atoms. The van der Waals surface area contributed by atoms with Crippen LogP contribution in [0.3, 0.4) is 0 Å². The van der Waals surface area contributed by atoms with Crippen LogP contribution < -0.4 is 10.6 Å². The first-order valence-electron chi connectivity index (χ1n) is 11.6. The fourth-order valence-electron chi connectivity index (χ4n) is 4.48. The van der Waals surface area contributed by atoms with Gasteiger partial charge in [0, 0.05) is 13.8 Å². The monoisotopic (exact) mass is 514 g/mol. The van der Waals surface area contributed by atoms with Gasteiger partial charge in [-0.3, -0.25) is 9.59 Å². The van der Waals surface area contributed by atoms with Crippen LogP contribution >= 0.6 is 0 Å². The van der Waals surface area contributed by atoms with Crippen molar-refractivity contribution in [2.24, 2.45) is 0 Å². The molecule has 0 bridgehead atoms. The van der Waals surface area contributed by atoms with Gasteiger partial charge < -0.3 is 55.5 Å². The lowest BCUT2D eigenvalue weighted by atomic mass is 9.84. The molecule has 0 saturated carbocycles. The summed E-state index contributed by atoms with van der Waals surface area (Å²) in [6.07, 6.45) is -14.1. The number of hydrogen-bond donors (Lipinski definition) is 8. The second kappa shape index (κ2) is 12.4. The molecule has 1 unspecified atom stereocenters. The molecule has 1 aromatic rings. The molecule has 8 N–H and O–H groups in total. The van der Waals surface area contributed by atoms with Gasteiger partial charge in [-0.05, 0) is 5.56 Å². The Bertz CT molecular complexity index is 875. The van der Waals surface area contributed by atoms with Gasteiger partial charge in [-0.2, -0.15) is 0 Å². The number of nitrogens with one attached hydrogen (secondary N) is 2. The van der Waals surface area contributed by atoms with E-state index in [1.54, 1.807) is 24.3 Å². The van der Waals surface area contributed by atoms with Crippen LogP contribution in [0.15, 0.2) is 30.3 Å². The van der Waals surface area contributed by atoms with Crippen LogP contribution in [-0.4, -0.2) is 116 Å². The minimum atomic E-state index is -1.79. The van der Waals surface area contributed by atoms with E-state index in [-0.39, 0.29) is 6.61 Å². The molecule has 0 aromatic heterocycles. The van der Waals surface area contributed by atoms with Crippen molar-refractivity contribution in [2.45, 2.75) is 87.7 Å². The molecule has 2 aliphatic rings. The zero-order chi connectivity index (χ0) is 26.6. The van der Waals surface area contributed by atoms with Crippen LogP contribution in [0.25, 0.3) is 0 Å². The maximum atomic E-state index is 11.7. The van der Waals surface area contributed by atoms with Crippen molar-refractivity contribution in [2.75, 3.05) is 6.61 Å². The lowest BCUT2D eigenvalue weighted by Gasteiger charge is -2.49. The van der Waals surface area contributed by atoms with E-state index in [9.17, 15) is 40.2 Å². The molecule has 2 fully saturated rings. The number of aliphatic hydroxyl groups is 6. The molecule has 2 heterocycles. The van der Waals surface area contributed by atoms with E-state index in [4.69, 9.17) is 14.2 Å². The molecule has 1 aromatic carbocycles. The molecule has 2 saturated heterocycles. The van der Waals surface area contributed by atoms with Crippen LogP contribution in [0.2, 0.25) is 0 Å². The molecule has 11 atom stereocenters. The topological polar surface area (TPSA) is 207 Å². The number of ether oxygens (including phenoxy) is 3. The third-order valence-electron chi connectivity index (χ3n) is 6.27. The number of carbonyl (C=O) groups excluding carboxylic acids is 2. The standard InChI is InChI=1S/C23H34N2O11/c1-10(27)24-14-17(30)16(29)13(8-26)35-21(14)20(33)22-19(32)18(31)15(25-11(2)28)23(36-22)34-9-12-6-4-3-5-7-12/h3-7,13-23,26,29-33H,8-9H2,1-2H3,(H,24,27)(H,25,28)/t13-,14+,15+,16-,17-,18-,19+,20?,21-,22+,23+/m1/s1. The van der Waals surface area contributed by atoms with Gasteiger partial charge in [0.1, 0.15) is 54.9 Å². The number of amides is 2. The van der Waals surface area contributed by atoms with Gasteiger partial charge in [0.2, 0.25) is 11.8 Å². The third kappa shape index (κ3) is 6.37. The third-order valence-corrected chi connectivity index (χ3v) is 6.27. The second-order valence-corrected chi connectivity index (χ2v) is 8.99. The van der Waals surface area contributed by atoms with E-state index < -0.39 is 85.6 Å². The quantitative estimate of drug-likeness (QED) is 0.171. The number of carbonyl (C=O) groups is 2. The minimum Gasteiger partial charge on any atom is -0.394 e. The molecule has 3 rings (SSSR count). The highest BCUT2D eigenvalue weighted by Gasteiger charge is 2.54. The average molecular weight is 515 g/mol. The van der Waals surface area contributed by atoms with Crippen molar-refractivity contribution in [1.82, 2.24) is 10.6 Å². The summed E-state index contributed by atoms with van der Waals surface area (Å²) in [5.41, 5.74) is 0.754. The molecule has 13 nitrogen and oxygen atoms in total.